The topological polar surface area (TPSA) is 38.0 Å². The Morgan fingerprint density at radius 2 is 2.24 bits per heavy atom. The first-order valence-corrected chi connectivity index (χ1v) is 6.06. The van der Waals surface area contributed by atoms with Gasteiger partial charge in [0.1, 0.15) is 5.82 Å². The van der Waals surface area contributed by atoms with Gasteiger partial charge in [-0.2, -0.15) is 0 Å². The van der Waals surface area contributed by atoms with Gasteiger partial charge in [-0.25, -0.2) is 4.98 Å². The fraction of sp³-hybridized carbons (Fsp3) is 0.308. The van der Waals surface area contributed by atoms with Crippen LogP contribution in [0.2, 0.25) is 5.02 Å². The van der Waals surface area contributed by atoms with Crippen LogP contribution in [0.1, 0.15) is 24.7 Å². The quantitative estimate of drug-likeness (QED) is 0.906. The lowest BCUT2D eigenvalue weighted by Crippen LogP contribution is -2.03. The number of halogens is 1. The summed E-state index contributed by atoms with van der Waals surface area (Å²) < 4.78 is 2.01. The predicted molar refractivity (Wildman–Crippen MR) is 68.5 cm³/mol. The van der Waals surface area contributed by atoms with Crippen LogP contribution in [0.3, 0.4) is 0 Å². The number of aryl methyl sites for hydroxylation is 1. The van der Waals surface area contributed by atoms with Gasteiger partial charge in [-0.3, -0.25) is 0 Å². The van der Waals surface area contributed by atoms with Crippen LogP contribution in [0.15, 0.2) is 30.6 Å². The highest BCUT2D eigenvalue weighted by atomic mass is 35.5. The monoisotopic (exact) mass is 250 g/mol. The minimum Gasteiger partial charge on any atom is -0.392 e. The molecule has 0 aliphatic heterocycles. The Labute approximate surface area is 106 Å². The molecular formula is C13H15ClN2O. The third-order valence-electron chi connectivity index (χ3n) is 2.66. The van der Waals surface area contributed by atoms with Crippen molar-refractivity contribution in [1.82, 2.24) is 9.55 Å². The van der Waals surface area contributed by atoms with Crippen molar-refractivity contribution in [2.75, 3.05) is 0 Å². The molecule has 0 saturated heterocycles. The Hall–Kier alpha value is -1.32. The van der Waals surface area contributed by atoms with Crippen LogP contribution in [0.4, 0.5) is 0 Å². The summed E-state index contributed by atoms with van der Waals surface area (Å²) >= 11 is 5.92. The summed E-state index contributed by atoms with van der Waals surface area (Å²) in [4.78, 5) is 4.33. The Kier molecular flexibility index (Phi) is 3.82. The number of hydrogen-bond donors (Lipinski definition) is 1. The molecule has 1 N–H and O–H groups in total. The zero-order valence-corrected chi connectivity index (χ0v) is 10.5. The Bertz CT molecular complexity index is 508. The molecule has 1 aromatic carbocycles. The summed E-state index contributed by atoms with van der Waals surface area (Å²) in [5.41, 5.74) is 1.76. The van der Waals surface area contributed by atoms with Crippen molar-refractivity contribution in [2.24, 2.45) is 0 Å². The van der Waals surface area contributed by atoms with Gasteiger partial charge in [0.15, 0.2) is 0 Å². The number of rotatable bonds is 4. The SMILES string of the molecule is CCCc1nccn1-c1ccc(Cl)cc1CO. The zero-order chi connectivity index (χ0) is 12.3. The highest BCUT2D eigenvalue weighted by Gasteiger charge is 2.08. The van der Waals surface area contributed by atoms with Crippen LogP contribution in [0.5, 0.6) is 0 Å². The molecule has 2 aromatic rings. The molecule has 1 aromatic heterocycles. The van der Waals surface area contributed by atoms with Crippen molar-refractivity contribution in [3.63, 3.8) is 0 Å². The molecule has 3 nitrogen and oxygen atoms in total. The highest BCUT2D eigenvalue weighted by Crippen LogP contribution is 2.21. The average Bonchev–Trinajstić information content (AvgIpc) is 2.77. The normalized spacial score (nSPS) is 10.8. The first kappa shape index (κ1) is 12.1. The van der Waals surface area contributed by atoms with Gasteiger partial charge < -0.3 is 9.67 Å². The van der Waals surface area contributed by atoms with E-state index in [1.54, 1.807) is 12.3 Å². The average molecular weight is 251 g/mol. The number of hydrogen-bond acceptors (Lipinski definition) is 2. The van der Waals surface area contributed by atoms with Crippen LogP contribution in [0.25, 0.3) is 5.69 Å². The molecule has 0 fully saturated rings. The van der Waals surface area contributed by atoms with E-state index in [-0.39, 0.29) is 6.61 Å². The van der Waals surface area contributed by atoms with Crippen LogP contribution < -0.4 is 0 Å². The molecule has 0 aliphatic carbocycles. The van der Waals surface area contributed by atoms with Crippen LogP contribution in [0, 0.1) is 0 Å². The van der Waals surface area contributed by atoms with E-state index in [1.807, 2.05) is 22.9 Å². The number of aliphatic hydroxyl groups is 1. The van der Waals surface area contributed by atoms with E-state index in [9.17, 15) is 5.11 Å². The van der Waals surface area contributed by atoms with Crippen LogP contribution in [-0.4, -0.2) is 14.7 Å². The van der Waals surface area contributed by atoms with Gasteiger partial charge in [0.2, 0.25) is 0 Å². The Balaban J connectivity index is 2.48. The number of imidazole rings is 1. The summed E-state index contributed by atoms with van der Waals surface area (Å²) in [5.74, 6) is 1.00. The van der Waals surface area contributed by atoms with Crippen molar-refractivity contribution in [2.45, 2.75) is 26.4 Å². The first-order chi connectivity index (χ1) is 8.26. The number of aromatic nitrogens is 2. The second kappa shape index (κ2) is 5.34. The van der Waals surface area contributed by atoms with Gasteiger partial charge in [-0.15, -0.1) is 0 Å². The molecule has 1 heterocycles. The third kappa shape index (κ3) is 2.51. The summed E-state index contributed by atoms with van der Waals surface area (Å²) in [7, 11) is 0. The van der Waals surface area contributed by atoms with E-state index >= 15 is 0 Å². The van der Waals surface area contributed by atoms with Gasteiger partial charge in [0, 0.05) is 29.4 Å². The Morgan fingerprint density at radius 1 is 1.41 bits per heavy atom. The van der Waals surface area contributed by atoms with Gasteiger partial charge >= 0.3 is 0 Å². The van der Waals surface area contributed by atoms with Crippen LogP contribution >= 0.6 is 11.6 Å². The van der Waals surface area contributed by atoms with E-state index in [1.165, 1.54) is 0 Å². The predicted octanol–water partition coefficient (Wildman–Crippen LogP) is 2.97. The summed E-state index contributed by atoms with van der Waals surface area (Å²) in [6.07, 6.45) is 5.65. The van der Waals surface area contributed by atoms with Gasteiger partial charge in [-0.1, -0.05) is 18.5 Å². The smallest absolute Gasteiger partial charge is 0.113 e. The Morgan fingerprint density at radius 3 is 2.94 bits per heavy atom. The van der Waals surface area contributed by atoms with Crippen molar-refractivity contribution < 1.29 is 5.11 Å². The minimum absolute atomic E-state index is 0.0281. The molecule has 0 radical (unpaired) electrons. The molecule has 0 bridgehead atoms. The highest BCUT2D eigenvalue weighted by molar-refractivity contribution is 6.30. The summed E-state index contributed by atoms with van der Waals surface area (Å²) in [5, 5.41) is 10.0. The van der Waals surface area contributed by atoms with Crippen molar-refractivity contribution in [3.8, 4) is 5.69 Å². The lowest BCUT2D eigenvalue weighted by Gasteiger charge is -2.11. The third-order valence-corrected chi connectivity index (χ3v) is 2.90. The molecule has 0 saturated carbocycles. The van der Waals surface area contributed by atoms with E-state index in [2.05, 4.69) is 11.9 Å². The van der Waals surface area contributed by atoms with Gasteiger partial charge in [-0.05, 0) is 24.6 Å². The van der Waals surface area contributed by atoms with Crippen molar-refractivity contribution in [3.05, 3.63) is 47.0 Å². The zero-order valence-electron chi connectivity index (χ0n) is 9.73. The number of benzene rings is 1. The molecule has 0 spiro atoms. The van der Waals surface area contributed by atoms with Gasteiger partial charge in [0.05, 0.1) is 12.3 Å². The van der Waals surface area contributed by atoms with Crippen molar-refractivity contribution in [1.29, 1.82) is 0 Å². The van der Waals surface area contributed by atoms with Crippen molar-refractivity contribution >= 4 is 11.6 Å². The standard InChI is InChI=1S/C13H15ClN2O/c1-2-3-13-15-6-7-16(13)12-5-4-11(14)8-10(12)9-17/h4-8,17H,2-3,9H2,1H3. The first-order valence-electron chi connectivity index (χ1n) is 5.68. The molecule has 0 aliphatic rings. The van der Waals surface area contributed by atoms with Gasteiger partial charge in [0.25, 0.3) is 0 Å². The van der Waals surface area contributed by atoms with E-state index < -0.39 is 0 Å². The fourth-order valence-electron chi connectivity index (χ4n) is 1.88. The fourth-order valence-corrected chi connectivity index (χ4v) is 2.07. The largest absolute Gasteiger partial charge is 0.392 e. The summed E-state index contributed by atoms with van der Waals surface area (Å²) in [6, 6.07) is 5.52. The molecule has 0 unspecified atom stereocenters. The minimum atomic E-state index is -0.0281. The lowest BCUT2D eigenvalue weighted by atomic mass is 10.2. The van der Waals surface area contributed by atoms with E-state index in [4.69, 9.17) is 11.6 Å². The molecule has 2 rings (SSSR count). The second-order valence-electron chi connectivity index (χ2n) is 3.89. The maximum Gasteiger partial charge on any atom is 0.113 e. The maximum absolute atomic E-state index is 9.37. The summed E-state index contributed by atoms with van der Waals surface area (Å²) in [6.45, 7) is 2.09. The van der Waals surface area contributed by atoms with Crippen LogP contribution in [-0.2, 0) is 13.0 Å². The van der Waals surface area contributed by atoms with E-state index in [0.717, 1.165) is 29.9 Å². The number of aliphatic hydroxyl groups excluding tert-OH is 1. The molecule has 90 valence electrons. The molecule has 4 heteroatoms. The lowest BCUT2D eigenvalue weighted by molar-refractivity contribution is 0.281. The second-order valence-corrected chi connectivity index (χ2v) is 4.33. The molecule has 0 amide bonds. The van der Waals surface area contributed by atoms with E-state index in [0.29, 0.717) is 5.02 Å². The molecular weight excluding hydrogens is 236 g/mol. The maximum atomic E-state index is 9.37. The number of nitrogens with zero attached hydrogens (tertiary/aromatic N) is 2. The molecule has 17 heavy (non-hydrogen) atoms. The molecule has 0 atom stereocenters.